The van der Waals surface area contributed by atoms with Crippen molar-refractivity contribution in [3.63, 3.8) is 0 Å². The Morgan fingerprint density at radius 3 is 2.72 bits per heavy atom. The monoisotopic (exact) mass is 352 g/mol. The minimum absolute atomic E-state index is 0.303. The summed E-state index contributed by atoms with van der Waals surface area (Å²) in [6.45, 7) is 6.62. The van der Waals surface area contributed by atoms with Crippen molar-refractivity contribution in [3.8, 4) is 0 Å². The van der Waals surface area contributed by atoms with Gasteiger partial charge in [-0.2, -0.15) is 0 Å². The third-order valence-corrected chi connectivity index (χ3v) is 6.87. The number of rotatable bonds is 3. The predicted octanol–water partition coefficient (Wildman–Crippen LogP) is 5.15. The largest absolute Gasteiger partial charge is 0.342 e. The molecular formula is C21H24N2OS. The van der Waals surface area contributed by atoms with Gasteiger partial charge in [0.1, 0.15) is 5.82 Å². The van der Waals surface area contributed by atoms with Gasteiger partial charge in [-0.3, -0.25) is 4.79 Å². The molecule has 25 heavy (non-hydrogen) atoms. The van der Waals surface area contributed by atoms with Crippen molar-refractivity contribution in [3.05, 3.63) is 57.6 Å². The quantitative estimate of drug-likeness (QED) is 0.830. The minimum atomic E-state index is -0.364. The first kappa shape index (κ1) is 16.5. The van der Waals surface area contributed by atoms with Crippen LogP contribution >= 0.6 is 11.3 Å². The van der Waals surface area contributed by atoms with E-state index in [0.717, 1.165) is 29.9 Å². The van der Waals surface area contributed by atoms with Gasteiger partial charge in [0.25, 0.3) is 0 Å². The first-order valence-electron chi connectivity index (χ1n) is 9.11. The first-order valence-corrected chi connectivity index (χ1v) is 9.99. The molecule has 3 nitrogen and oxygen atoms in total. The molecule has 130 valence electrons. The van der Waals surface area contributed by atoms with Crippen LogP contribution in [0.1, 0.15) is 50.5 Å². The number of allylic oxidation sites excluding steroid dienone is 2. The average molecular weight is 353 g/mol. The molecule has 2 unspecified atom stereocenters. The van der Waals surface area contributed by atoms with Gasteiger partial charge in [0.2, 0.25) is 0 Å². The van der Waals surface area contributed by atoms with Crippen LogP contribution < -0.4 is 5.32 Å². The topological polar surface area (TPSA) is 42.0 Å². The summed E-state index contributed by atoms with van der Waals surface area (Å²) in [5, 5.41) is 3.51. The standard InChI is InChI=1S/C21H24N2OS/c1-4-21(15-8-6-5-7-9-15)18-16(23-20-19(21)25-12-22-20)10-14(13(2)3)11-17(18)24/h5-9,12-14,23H,4,10-11H2,1-3H3. The second kappa shape index (κ2) is 6.10. The molecule has 0 amide bonds. The van der Waals surface area contributed by atoms with E-state index in [1.807, 2.05) is 11.6 Å². The van der Waals surface area contributed by atoms with Gasteiger partial charge in [0, 0.05) is 17.7 Å². The van der Waals surface area contributed by atoms with E-state index < -0.39 is 0 Å². The van der Waals surface area contributed by atoms with Gasteiger partial charge in [0.05, 0.1) is 15.8 Å². The average Bonchev–Trinajstić information content (AvgIpc) is 3.09. The van der Waals surface area contributed by atoms with E-state index in [1.54, 1.807) is 11.3 Å². The number of hydrogen-bond acceptors (Lipinski definition) is 4. The zero-order chi connectivity index (χ0) is 17.6. The Kier molecular flexibility index (Phi) is 4.03. The highest BCUT2D eigenvalue weighted by atomic mass is 32.1. The maximum atomic E-state index is 13.3. The summed E-state index contributed by atoms with van der Waals surface area (Å²) in [6.07, 6.45) is 2.45. The number of benzene rings is 1. The Hall–Kier alpha value is -1.94. The summed E-state index contributed by atoms with van der Waals surface area (Å²) in [5.41, 5.74) is 4.81. The van der Waals surface area contributed by atoms with Crippen LogP contribution in [0.25, 0.3) is 0 Å². The molecule has 2 aromatic rings. The summed E-state index contributed by atoms with van der Waals surface area (Å²) in [5.74, 6) is 2.15. The van der Waals surface area contributed by atoms with Crippen molar-refractivity contribution in [2.45, 2.75) is 45.4 Å². The summed E-state index contributed by atoms with van der Waals surface area (Å²) >= 11 is 1.66. The number of ketones is 1. The molecule has 4 heteroatoms. The Morgan fingerprint density at radius 1 is 1.28 bits per heavy atom. The van der Waals surface area contributed by atoms with Gasteiger partial charge in [-0.25, -0.2) is 4.98 Å². The van der Waals surface area contributed by atoms with Gasteiger partial charge >= 0.3 is 0 Å². The van der Waals surface area contributed by atoms with Crippen molar-refractivity contribution in [1.82, 2.24) is 4.98 Å². The molecule has 0 spiro atoms. The SMILES string of the molecule is CCC1(c2ccccc2)C2=C(CC(C(C)C)CC2=O)Nc2ncsc21. The zero-order valence-corrected chi connectivity index (χ0v) is 15.8. The smallest absolute Gasteiger partial charge is 0.162 e. The number of carbonyl (C=O) groups excluding carboxylic acids is 1. The number of anilines is 1. The maximum absolute atomic E-state index is 13.3. The Bertz CT molecular complexity index is 837. The van der Waals surface area contributed by atoms with E-state index in [2.05, 4.69) is 55.3 Å². The molecule has 1 aliphatic heterocycles. The molecule has 0 saturated carbocycles. The highest BCUT2D eigenvalue weighted by molar-refractivity contribution is 7.10. The van der Waals surface area contributed by atoms with Crippen LogP contribution in [0.15, 0.2) is 47.1 Å². The lowest BCUT2D eigenvalue weighted by atomic mass is 9.63. The Labute approximate surface area is 153 Å². The van der Waals surface area contributed by atoms with E-state index in [0.29, 0.717) is 24.0 Å². The number of carbonyl (C=O) groups is 1. The number of thiazole rings is 1. The van der Waals surface area contributed by atoms with Crippen LogP contribution in [0.2, 0.25) is 0 Å². The minimum Gasteiger partial charge on any atom is -0.342 e. The molecule has 0 radical (unpaired) electrons. The van der Waals surface area contributed by atoms with E-state index in [-0.39, 0.29) is 5.41 Å². The van der Waals surface area contributed by atoms with Crippen molar-refractivity contribution in [2.75, 3.05) is 5.32 Å². The molecule has 4 rings (SSSR count). The fourth-order valence-electron chi connectivity index (χ4n) is 4.46. The number of Topliss-reactive ketones (excluding diaryl/α,β-unsaturated/α-hetero) is 1. The fraction of sp³-hybridized carbons (Fsp3) is 0.429. The molecule has 1 aromatic heterocycles. The molecule has 2 aliphatic rings. The zero-order valence-electron chi connectivity index (χ0n) is 15.0. The lowest BCUT2D eigenvalue weighted by molar-refractivity contribution is -0.118. The van der Waals surface area contributed by atoms with Crippen molar-refractivity contribution in [2.24, 2.45) is 11.8 Å². The van der Waals surface area contributed by atoms with Gasteiger partial charge in [0.15, 0.2) is 5.78 Å². The number of nitrogens with zero attached hydrogens (tertiary/aromatic N) is 1. The molecular weight excluding hydrogens is 328 g/mol. The van der Waals surface area contributed by atoms with E-state index in [9.17, 15) is 4.79 Å². The summed E-state index contributed by atoms with van der Waals surface area (Å²) in [7, 11) is 0. The fourth-order valence-corrected chi connectivity index (χ4v) is 5.50. The van der Waals surface area contributed by atoms with Gasteiger partial charge < -0.3 is 5.32 Å². The lowest BCUT2D eigenvalue weighted by Gasteiger charge is -2.43. The van der Waals surface area contributed by atoms with Gasteiger partial charge in [-0.1, -0.05) is 51.1 Å². The van der Waals surface area contributed by atoms with Crippen molar-refractivity contribution >= 4 is 22.9 Å². The molecule has 2 heterocycles. The van der Waals surface area contributed by atoms with Crippen molar-refractivity contribution < 1.29 is 4.79 Å². The highest BCUT2D eigenvalue weighted by Gasteiger charge is 2.49. The third kappa shape index (κ3) is 2.38. The number of fused-ring (bicyclic) bond motifs is 1. The van der Waals surface area contributed by atoms with Crippen LogP contribution in [-0.4, -0.2) is 10.8 Å². The highest BCUT2D eigenvalue weighted by Crippen LogP contribution is 2.54. The van der Waals surface area contributed by atoms with E-state index in [1.165, 1.54) is 10.4 Å². The Morgan fingerprint density at radius 2 is 2.04 bits per heavy atom. The van der Waals surface area contributed by atoms with Gasteiger partial charge in [-0.05, 0) is 30.2 Å². The molecule has 0 saturated heterocycles. The third-order valence-electron chi connectivity index (χ3n) is 5.89. The molecule has 1 N–H and O–H groups in total. The number of aromatic nitrogens is 1. The first-order chi connectivity index (χ1) is 12.1. The Balaban J connectivity index is 1.96. The summed E-state index contributed by atoms with van der Waals surface area (Å²) in [4.78, 5) is 19.1. The van der Waals surface area contributed by atoms with Crippen molar-refractivity contribution in [1.29, 1.82) is 0 Å². The van der Waals surface area contributed by atoms with Crippen LogP contribution in [0, 0.1) is 11.8 Å². The normalized spacial score (nSPS) is 25.6. The van der Waals surface area contributed by atoms with Crippen LogP contribution in [0.3, 0.4) is 0 Å². The summed E-state index contributed by atoms with van der Waals surface area (Å²) < 4.78 is 0. The lowest BCUT2D eigenvalue weighted by Crippen LogP contribution is -2.41. The predicted molar refractivity (Wildman–Crippen MR) is 103 cm³/mol. The molecule has 2 atom stereocenters. The second-order valence-corrected chi connectivity index (χ2v) is 8.32. The molecule has 1 aliphatic carbocycles. The summed E-state index contributed by atoms with van der Waals surface area (Å²) in [6, 6.07) is 10.5. The van der Waals surface area contributed by atoms with E-state index >= 15 is 0 Å². The molecule has 0 bridgehead atoms. The molecule has 1 aromatic carbocycles. The van der Waals surface area contributed by atoms with Crippen LogP contribution in [0.4, 0.5) is 5.82 Å². The van der Waals surface area contributed by atoms with E-state index in [4.69, 9.17) is 0 Å². The van der Waals surface area contributed by atoms with Gasteiger partial charge in [-0.15, -0.1) is 11.3 Å². The van der Waals surface area contributed by atoms with Crippen LogP contribution in [-0.2, 0) is 10.2 Å². The second-order valence-electron chi connectivity index (χ2n) is 7.47. The molecule has 0 fully saturated rings. The van der Waals surface area contributed by atoms with Crippen LogP contribution in [0.5, 0.6) is 0 Å². The number of hydrogen-bond donors (Lipinski definition) is 1. The number of nitrogens with one attached hydrogen (secondary N) is 1. The maximum Gasteiger partial charge on any atom is 0.162 e.